The molecule has 0 fully saturated rings. The van der Waals surface area contributed by atoms with E-state index < -0.39 is 23.3 Å². The molecule has 0 saturated carbocycles. The largest absolute Gasteiger partial charge is 0.350 e. The highest BCUT2D eigenvalue weighted by atomic mass is 19.3. The smallest absolute Gasteiger partial charge is 0.287 e. The van der Waals surface area contributed by atoms with Crippen LogP contribution in [0.25, 0.3) is 0 Å². The zero-order chi connectivity index (χ0) is 10.3. The number of carbonyl (C=O) groups excluding carboxylic acids is 2. The third-order valence-corrected chi connectivity index (χ3v) is 2.02. The Morgan fingerprint density at radius 2 is 1.79 bits per heavy atom. The van der Waals surface area contributed by atoms with Gasteiger partial charge in [0.1, 0.15) is 0 Å². The Labute approximate surface area is 77.7 Å². The molecule has 0 aromatic heterocycles. The molecule has 0 bridgehead atoms. The fourth-order valence-electron chi connectivity index (χ4n) is 1.33. The second-order valence-electron chi connectivity index (χ2n) is 2.90. The highest BCUT2D eigenvalue weighted by molar-refractivity contribution is 6.11. The van der Waals surface area contributed by atoms with Crippen molar-refractivity contribution >= 4 is 11.8 Å². The van der Waals surface area contributed by atoms with E-state index in [0.29, 0.717) is 0 Å². The van der Waals surface area contributed by atoms with Crippen LogP contribution in [0.2, 0.25) is 0 Å². The van der Waals surface area contributed by atoms with Gasteiger partial charge in [0.15, 0.2) is 0 Å². The summed E-state index contributed by atoms with van der Waals surface area (Å²) in [5.41, 5.74) is -0.689. The highest BCUT2D eigenvalue weighted by Gasteiger charge is 2.47. The van der Waals surface area contributed by atoms with Crippen molar-refractivity contribution in [3.05, 3.63) is 35.4 Å². The van der Waals surface area contributed by atoms with Crippen LogP contribution in [-0.4, -0.2) is 11.8 Å². The number of benzene rings is 1. The van der Waals surface area contributed by atoms with Crippen molar-refractivity contribution in [2.24, 2.45) is 0 Å². The van der Waals surface area contributed by atoms with Crippen LogP contribution >= 0.6 is 0 Å². The molecule has 0 spiro atoms. The average Bonchev–Trinajstić information content (AvgIpc) is 2.16. The number of rotatable bonds is 0. The molecule has 2 rings (SSSR count). The van der Waals surface area contributed by atoms with Crippen molar-refractivity contribution in [1.82, 2.24) is 5.32 Å². The van der Waals surface area contributed by atoms with Gasteiger partial charge in [0.05, 0.1) is 0 Å². The monoisotopic (exact) mass is 197 g/mol. The number of fused-ring (bicyclic) bond motifs is 1. The predicted octanol–water partition coefficient (Wildman–Crippen LogP) is 1.05. The van der Waals surface area contributed by atoms with Crippen molar-refractivity contribution in [2.75, 3.05) is 0 Å². The third kappa shape index (κ3) is 1.02. The average molecular weight is 197 g/mol. The second-order valence-corrected chi connectivity index (χ2v) is 2.90. The Hall–Kier alpha value is -1.78. The predicted molar refractivity (Wildman–Crippen MR) is 42.8 cm³/mol. The molecule has 0 saturated heterocycles. The Bertz CT molecular complexity index is 429. The van der Waals surface area contributed by atoms with Crippen LogP contribution < -0.4 is 5.32 Å². The topological polar surface area (TPSA) is 46.2 Å². The summed E-state index contributed by atoms with van der Waals surface area (Å²) >= 11 is 0. The molecular formula is C9H5F2NO2. The summed E-state index contributed by atoms with van der Waals surface area (Å²) in [7, 11) is 0. The number of hydrogen-bond donors (Lipinski definition) is 1. The van der Waals surface area contributed by atoms with Crippen molar-refractivity contribution in [1.29, 1.82) is 0 Å². The number of hydrogen-bond acceptors (Lipinski definition) is 2. The van der Waals surface area contributed by atoms with Crippen molar-refractivity contribution in [2.45, 2.75) is 5.92 Å². The van der Waals surface area contributed by atoms with Crippen LogP contribution in [-0.2, 0) is 10.7 Å². The molecule has 1 aromatic rings. The van der Waals surface area contributed by atoms with Crippen LogP contribution in [0.4, 0.5) is 8.78 Å². The van der Waals surface area contributed by atoms with Gasteiger partial charge in [-0.1, -0.05) is 18.2 Å². The molecule has 1 N–H and O–H groups in total. The maximum Gasteiger partial charge on any atom is 0.350 e. The van der Waals surface area contributed by atoms with E-state index in [1.165, 1.54) is 18.2 Å². The summed E-state index contributed by atoms with van der Waals surface area (Å²) in [6, 6.07) is 5.15. The minimum atomic E-state index is -3.62. The zero-order valence-electron chi connectivity index (χ0n) is 6.88. The highest BCUT2D eigenvalue weighted by Crippen LogP contribution is 2.33. The Morgan fingerprint density at radius 1 is 1.14 bits per heavy atom. The van der Waals surface area contributed by atoms with E-state index in [-0.39, 0.29) is 5.56 Å². The van der Waals surface area contributed by atoms with Gasteiger partial charge in [-0.05, 0) is 6.07 Å². The summed E-state index contributed by atoms with van der Waals surface area (Å²) in [4.78, 5) is 21.9. The van der Waals surface area contributed by atoms with Crippen molar-refractivity contribution < 1.29 is 18.4 Å². The maximum atomic E-state index is 13.2. The molecule has 1 aliphatic rings. The lowest BCUT2D eigenvalue weighted by atomic mass is 9.97. The fourth-order valence-corrected chi connectivity index (χ4v) is 1.33. The first-order valence-corrected chi connectivity index (χ1v) is 3.86. The van der Waals surface area contributed by atoms with Gasteiger partial charge in [-0.2, -0.15) is 8.78 Å². The standard InChI is InChI=1S/C9H5F2NO2/c10-9(11)6-4-2-1-3-5(6)7(13)12-8(9)14/h1-4H,(H,12,13,14). The SMILES string of the molecule is O=C1NC(=O)C(F)(F)c2ccccc21. The second kappa shape index (κ2) is 2.60. The van der Waals surface area contributed by atoms with Gasteiger partial charge in [0.25, 0.3) is 5.91 Å². The molecule has 0 unspecified atom stereocenters. The molecule has 1 aromatic carbocycles. The van der Waals surface area contributed by atoms with Gasteiger partial charge < -0.3 is 0 Å². The third-order valence-electron chi connectivity index (χ3n) is 2.02. The first-order valence-electron chi connectivity index (χ1n) is 3.86. The van der Waals surface area contributed by atoms with Crippen LogP contribution in [0, 0.1) is 0 Å². The first kappa shape index (κ1) is 8.80. The van der Waals surface area contributed by atoms with E-state index in [2.05, 4.69) is 0 Å². The number of imide groups is 1. The lowest BCUT2D eigenvalue weighted by molar-refractivity contribution is -0.146. The lowest BCUT2D eigenvalue weighted by Crippen LogP contribution is -2.47. The number of halogens is 2. The van der Waals surface area contributed by atoms with E-state index in [9.17, 15) is 18.4 Å². The Kier molecular flexibility index (Phi) is 1.64. The van der Waals surface area contributed by atoms with Gasteiger partial charge in [-0.3, -0.25) is 14.9 Å². The molecule has 72 valence electrons. The molecule has 5 heteroatoms. The number of alkyl halides is 2. The lowest BCUT2D eigenvalue weighted by Gasteiger charge is -2.23. The fraction of sp³-hybridized carbons (Fsp3) is 0.111. The Balaban J connectivity index is 2.69. The van der Waals surface area contributed by atoms with E-state index in [4.69, 9.17) is 0 Å². The van der Waals surface area contributed by atoms with Gasteiger partial charge in [0.2, 0.25) is 0 Å². The van der Waals surface area contributed by atoms with Crippen LogP contribution in [0.1, 0.15) is 15.9 Å². The van der Waals surface area contributed by atoms with Crippen LogP contribution in [0.15, 0.2) is 24.3 Å². The molecule has 3 nitrogen and oxygen atoms in total. The van der Waals surface area contributed by atoms with Gasteiger partial charge in [-0.15, -0.1) is 0 Å². The van der Waals surface area contributed by atoms with Crippen molar-refractivity contribution in [3.8, 4) is 0 Å². The van der Waals surface area contributed by atoms with E-state index in [0.717, 1.165) is 6.07 Å². The summed E-state index contributed by atoms with van der Waals surface area (Å²) in [5, 5.41) is 1.60. The summed E-state index contributed by atoms with van der Waals surface area (Å²) in [6.07, 6.45) is 0. The minimum absolute atomic E-state index is 0.155. The molecular weight excluding hydrogens is 192 g/mol. The molecule has 1 aliphatic heterocycles. The van der Waals surface area contributed by atoms with Crippen LogP contribution in [0.5, 0.6) is 0 Å². The van der Waals surface area contributed by atoms with E-state index in [1.807, 2.05) is 0 Å². The summed E-state index contributed by atoms with van der Waals surface area (Å²) in [6.45, 7) is 0. The van der Waals surface area contributed by atoms with Gasteiger partial charge >= 0.3 is 11.8 Å². The van der Waals surface area contributed by atoms with E-state index >= 15 is 0 Å². The van der Waals surface area contributed by atoms with E-state index in [1.54, 1.807) is 5.32 Å². The van der Waals surface area contributed by atoms with Gasteiger partial charge in [-0.25, -0.2) is 0 Å². The summed E-state index contributed by atoms with van der Waals surface area (Å²) < 4.78 is 26.4. The molecule has 0 aliphatic carbocycles. The minimum Gasteiger partial charge on any atom is -0.287 e. The summed E-state index contributed by atoms with van der Waals surface area (Å²) in [5.74, 6) is -5.97. The molecule has 0 radical (unpaired) electrons. The molecule has 14 heavy (non-hydrogen) atoms. The normalized spacial score (nSPS) is 18.7. The molecule has 1 heterocycles. The van der Waals surface area contributed by atoms with Gasteiger partial charge in [0, 0.05) is 11.1 Å². The molecule has 0 atom stereocenters. The number of carbonyl (C=O) groups is 2. The molecule has 2 amide bonds. The quantitative estimate of drug-likeness (QED) is 0.632. The Morgan fingerprint density at radius 3 is 2.50 bits per heavy atom. The van der Waals surface area contributed by atoms with Crippen molar-refractivity contribution in [3.63, 3.8) is 0 Å². The number of amides is 2. The van der Waals surface area contributed by atoms with Crippen LogP contribution in [0.3, 0.4) is 0 Å². The first-order chi connectivity index (χ1) is 6.53. The maximum absolute atomic E-state index is 13.2. The number of nitrogens with one attached hydrogen (secondary N) is 1. The zero-order valence-corrected chi connectivity index (χ0v) is 6.88.